The van der Waals surface area contributed by atoms with Crippen LogP contribution in [0.5, 0.6) is 0 Å². The van der Waals surface area contributed by atoms with E-state index in [4.69, 9.17) is 0 Å². The van der Waals surface area contributed by atoms with Crippen LogP contribution in [0.15, 0.2) is 40.6 Å². The summed E-state index contributed by atoms with van der Waals surface area (Å²) in [6.07, 6.45) is 1.86. The summed E-state index contributed by atoms with van der Waals surface area (Å²) >= 11 is 0.974. The molecule has 0 spiro atoms. The van der Waals surface area contributed by atoms with Crippen molar-refractivity contribution in [1.82, 2.24) is 5.32 Å². The highest BCUT2D eigenvalue weighted by Gasteiger charge is 2.28. The van der Waals surface area contributed by atoms with E-state index >= 15 is 0 Å². The highest BCUT2D eigenvalue weighted by molar-refractivity contribution is 7.93. The predicted molar refractivity (Wildman–Crippen MR) is 93.4 cm³/mol. The number of carbonyl (C=O) groups is 2. The molecule has 1 amide bonds. The van der Waals surface area contributed by atoms with Crippen LogP contribution in [-0.4, -0.2) is 33.4 Å². The standard InChI is InChI=1S/C16H16N2O5S2/c1-23-16(20)14-13(8-9-24-14)25(21,22)18-12-5-3-2-4-11(12)15(19)17-10-6-7-10/h2-5,8-10,18H,6-7H2,1H3,(H,17,19). The first-order chi connectivity index (χ1) is 11.9. The number of amides is 1. The van der Waals surface area contributed by atoms with E-state index in [0.717, 1.165) is 24.2 Å². The maximum Gasteiger partial charge on any atom is 0.349 e. The number of thiophene rings is 1. The zero-order chi connectivity index (χ0) is 18.0. The summed E-state index contributed by atoms with van der Waals surface area (Å²) < 4.78 is 32.3. The van der Waals surface area contributed by atoms with Crippen LogP contribution < -0.4 is 10.0 Å². The lowest BCUT2D eigenvalue weighted by Gasteiger charge is -2.12. The van der Waals surface area contributed by atoms with E-state index in [9.17, 15) is 18.0 Å². The molecule has 0 aliphatic heterocycles. The van der Waals surface area contributed by atoms with Gasteiger partial charge in [0.25, 0.3) is 15.9 Å². The maximum atomic E-state index is 12.7. The largest absolute Gasteiger partial charge is 0.465 e. The second-order valence-electron chi connectivity index (χ2n) is 5.50. The van der Waals surface area contributed by atoms with Gasteiger partial charge < -0.3 is 10.1 Å². The molecule has 7 nitrogen and oxygen atoms in total. The normalized spacial score (nSPS) is 14.0. The van der Waals surface area contributed by atoms with Gasteiger partial charge in [-0.05, 0) is 36.4 Å². The van der Waals surface area contributed by atoms with E-state index in [1.165, 1.54) is 24.6 Å². The van der Waals surface area contributed by atoms with Crippen molar-refractivity contribution >= 4 is 38.9 Å². The fourth-order valence-corrected chi connectivity index (χ4v) is 4.63. The Morgan fingerprint density at radius 2 is 1.92 bits per heavy atom. The van der Waals surface area contributed by atoms with Gasteiger partial charge in [-0.2, -0.15) is 0 Å². The van der Waals surface area contributed by atoms with Gasteiger partial charge in [0.1, 0.15) is 9.77 Å². The Kier molecular flexibility index (Phi) is 4.78. The zero-order valence-corrected chi connectivity index (χ0v) is 14.9. The molecule has 1 saturated carbocycles. The lowest BCUT2D eigenvalue weighted by atomic mass is 10.1. The second kappa shape index (κ2) is 6.85. The molecule has 1 aromatic heterocycles. The van der Waals surface area contributed by atoms with Crippen LogP contribution in [0, 0.1) is 0 Å². The number of benzene rings is 1. The van der Waals surface area contributed by atoms with Crippen molar-refractivity contribution < 1.29 is 22.7 Å². The Balaban J connectivity index is 1.90. The van der Waals surface area contributed by atoms with E-state index in [1.807, 2.05) is 0 Å². The summed E-state index contributed by atoms with van der Waals surface area (Å²) in [5.41, 5.74) is 0.385. The van der Waals surface area contributed by atoms with Crippen molar-refractivity contribution in [2.24, 2.45) is 0 Å². The summed E-state index contributed by atoms with van der Waals surface area (Å²) in [6.45, 7) is 0. The molecule has 3 rings (SSSR count). The van der Waals surface area contributed by atoms with Crippen LogP contribution in [0.2, 0.25) is 0 Å². The molecule has 132 valence electrons. The quantitative estimate of drug-likeness (QED) is 0.749. The van der Waals surface area contributed by atoms with Gasteiger partial charge in [0.15, 0.2) is 0 Å². The van der Waals surface area contributed by atoms with Crippen molar-refractivity contribution in [3.05, 3.63) is 46.2 Å². The molecule has 1 heterocycles. The minimum atomic E-state index is -4.05. The average Bonchev–Trinajstić information content (AvgIpc) is 3.25. The smallest absolute Gasteiger partial charge is 0.349 e. The molecule has 1 aromatic carbocycles. The topological polar surface area (TPSA) is 102 Å². The molecule has 2 aromatic rings. The second-order valence-corrected chi connectivity index (χ2v) is 8.07. The molecule has 0 saturated heterocycles. The van der Waals surface area contributed by atoms with Crippen molar-refractivity contribution in [1.29, 1.82) is 0 Å². The SMILES string of the molecule is COC(=O)c1sccc1S(=O)(=O)Nc1ccccc1C(=O)NC1CC1. The molecule has 25 heavy (non-hydrogen) atoms. The monoisotopic (exact) mass is 380 g/mol. The highest BCUT2D eigenvalue weighted by Crippen LogP contribution is 2.27. The lowest BCUT2D eigenvalue weighted by molar-refractivity contribution is 0.0602. The first-order valence-corrected chi connectivity index (χ1v) is 9.87. The van der Waals surface area contributed by atoms with Gasteiger partial charge in [0, 0.05) is 6.04 Å². The summed E-state index contributed by atoms with van der Waals surface area (Å²) in [4.78, 5) is 23.8. The van der Waals surface area contributed by atoms with E-state index < -0.39 is 16.0 Å². The molecular weight excluding hydrogens is 364 g/mol. The molecule has 0 bridgehead atoms. The molecule has 0 radical (unpaired) electrons. The number of hydrogen-bond donors (Lipinski definition) is 2. The highest BCUT2D eigenvalue weighted by atomic mass is 32.2. The van der Waals surface area contributed by atoms with E-state index in [-0.39, 0.29) is 33.0 Å². The fraction of sp³-hybridized carbons (Fsp3) is 0.250. The van der Waals surface area contributed by atoms with Crippen LogP contribution >= 0.6 is 11.3 Å². The van der Waals surface area contributed by atoms with Gasteiger partial charge in [0.2, 0.25) is 0 Å². The Bertz CT molecular complexity index is 916. The number of hydrogen-bond acceptors (Lipinski definition) is 6. The predicted octanol–water partition coefficient (Wildman–Crippen LogP) is 2.23. The fourth-order valence-electron chi connectivity index (χ4n) is 2.21. The zero-order valence-electron chi connectivity index (χ0n) is 13.3. The van der Waals surface area contributed by atoms with E-state index in [1.54, 1.807) is 18.2 Å². The van der Waals surface area contributed by atoms with E-state index in [2.05, 4.69) is 14.8 Å². The third kappa shape index (κ3) is 3.83. The minimum Gasteiger partial charge on any atom is -0.465 e. The Hall–Kier alpha value is -2.39. The third-order valence-corrected chi connectivity index (χ3v) is 6.05. The van der Waals surface area contributed by atoms with Crippen molar-refractivity contribution in [2.45, 2.75) is 23.8 Å². The molecule has 1 aliphatic carbocycles. The number of rotatable bonds is 6. The summed E-state index contributed by atoms with van der Waals surface area (Å²) in [5, 5.41) is 4.32. The molecule has 1 aliphatic rings. The van der Waals surface area contributed by atoms with Gasteiger partial charge in [0.05, 0.1) is 18.4 Å². The van der Waals surface area contributed by atoms with Gasteiger partial charge >= 0.3 is 5.97 Å². The van der Waals surface area contributed by atoms with Gasteiger partial charge in [-0.3, -0.25) is 9.52 Å². The number of sulfonamides is 1. The van der Waals surface area contributed by atoms with Gasteiger partial charge in [-0.15, -0.1) is 11.3 Å². The lowest BCUT2D eigenvalue weighted by Crippen LogP contribution is -2.27. The summed E-state index contributed by atoms with van der Waals surface area (Å²) in [5.74, 6) is -1.06. The number of nitrogens with one attached hydrogen (secondary N) is 2. The van der Waals surface area contributed by atoms with Crippen LogP contribution in [0.1, 0.15) is 32.9 Å². The van der Waals surface area contributed by atoms with Crippen molar-refractivity contribution in [3.8, 4) is 0 Å². The molecule has 0 atom stereocenters. The maximum absolute atomic E-state index is 12.7. The number of para-hydroxylation sites is 1. The molecule has 9 heteroatoms. The Labute approximate surface area is 149 Å². The number of methoxy groups -OCH3 is 1. The summed E-state index contributed by atoms with van der Waals surface area (Å²) in [6, 6.07) is 7.81. The number of carbonyl (C=O) groups excluding carboxylic acids is 2. The van der Waals surface area contributed by atoms with Gasteiger partial charge in [-0.25, -0.2) is 13.2 Å². The van der Waals surface area contributed by atoms with Crippen molar-refractivity contribution in [3.63, 3.8) is 0 Å². The first kappa shape index (κ1) is 17.4. The van der Waals surface area contributed by atoms with Crippen LogP contribution in [-0.2, 0) is 14.8 Å². The van der Waals surface area contributed by atoms with E-state index in [0.29, 0.717) is 0 Å². The van der Waals surface area contributed by atoms with Crippen LogP contribution in [0.4, 0.5) is 5.69 Å². The van der Waals surface area contributed by atoms with Crippen LogP contribution in [0.25, 0.3) is 0 Å². The molecule has 1 fully saturated rings. The number of esters is 1. The first-order valence-electron chi connectivity index (χ1n) is 7.51. The van der Waals surface area contributed by atoms with Crippen LogP contribution in [0.3, 0.4) is 0 Å². The van der Waals surface area contributed by atoms with Gasteiger partial charge in [-0.1, -0.05) is 12.1 Å². The van der Waals surface area contributed by atoms with Crippen molar-refractivity contribution in [2.75, 3.05) is 11.8 Å². The number of anilines is 1. The molecule has 0 unspecified atom stereocenters. The Morgan fingerprint density at radius 3 is 2.60 bits per heavy atom. The molecule has 2 N–H and O–H groups in total. The molecular formula is C16H16N2O5S2. The summed E-state index contributed by atoms with van der Waals surface area (Å²) in [7, 11) is -2.86. The third-order valence-electron chi connectivity index (χ3n) is 3.62. The average molecular weight is 380 g/mol. The minimum absolute atomic E-state index is 0.0186. The Morgan fingerprint density at radius 1 is 1.20 bits per heavy atom. The number of ether oxygens (including phenoxy) is 1.